The molecule has 0 saturated carbocycles. The molecule has 0 unspecified atom stereocenters. The number of amides is 1. The first-order valence-corrected chi connectivity index (χ1v) is 13.1. The number of benzene rings is 3. The predicted octanol–water partition coefficient (Wildman–Crippen LogP) is 3.72. The Labute approximate surface area is 217 Å². The van der Waals surface area contributed by atoms with E-state index in [1.165, 1.54) is 28.8 Å². The topological polar surface area (TPSA) is 144 Å². The van der Waals surface area contributed by atoms with Crippen LogP contribution >= 0.6 is 0 Å². The van der Waals surface area contributed by atoms with Gasteiger partial charge in [-0.2, -0.15) is 0 Å². The summed E-state index contributed by atoms with van der Waals surface area (Å²) in [7, 11) is -4.17. The van der Waals surface area contributed by atoms with Crippen molar-refractivity contribution < 1.29 is 18.3 Å². The molecule has 0 atom stereocenters. The van der Waals surface area contributed by atoms with E-state index in [-0.39, 0.29) is 28.2 Å². The molecule has 0 fully saturated rings. The number of fused-ring (bicyclic) bond motifs is 1. The summed E-state index contributed by atoms with van der Waals surface area (Å²) < 4.78 is 25.3. The third kappa shape index (κ3) is 4.77. The van der Waals surface area contributed by atoms with Gasteiger partial charge in [-0.25, -0.2) is 18.5 Å². The van der Waals surface area contributed by atoms with Crippen molar-refractivity contribution in [3.8, 4) is 16.9 Å². The van der Waals surface area contributed by atoms with Crippen molar-refractivity contribution in [3.05, 3.63) is 119 Å². The van der Waals surface area contributed by atoms with Crippen LogP contribution in [0.15, 0.2) is 107 Å². The van der Waals surface area contributed by atoms with Crippen molar-refractivity contribution in [1.29, 1.82) is 0 Å². The number of primary sulfonamides is 1. The third-order valence-corrected chi connectivity index (χ3v) is 7.00. The highest BCUT2D eigenvalue weighted by molar-refractivity contribution is 7.89. The fourth-order valence-electron chi connectivity index (χ4n) is 4.22. The zero-order chi connectivity index (χ0) is 26.9. The Balaban J connectivity index is 1.71. The molecule has 3 aromatic carbocycles. The molecule has 38 heavy (non-hydrogen) atoms. The Kier molecular flexibility index (Phi) is 6.50. The Hall–Kier alpha value is -4.80. The standard InChI is InChI=1S/C28H22N4O5S/c29-38(36,37)23-14-8-7-13-22(23)31-27(34)24-25(33)21-15-20(19-11-5-2-6-12-19)16-30-26(21)32(28(24)35)17-18-9-3-1-4-10-18/h1-16,33H,17H2,(H,31,34)(H2,29,36,37). The summed E-state index contributed by atoms with van der Waals surface area (Å²) in [6.45, 7) is 0.0855. The van der Waals surface area contributed by atoms with Crippen LogP contribution < -0.4 is 16.0 Å². The normalized spacial score (nSPS) is 11.4. The van der Waals surface area contributed by atoms with Gasteiger partial charge in [-0.1, -0.05) is 72.8 Å². The minimum absolute atomic E-state index is 0.0855. The molecule has 0 saturated heterocycles. The van der Waals surface area contributed by atoms with Crippen molar-refractivity contribution in [2.24, 2.45) is 5.14 Å². The monoisotopic (exact) mass is 526 g/mol. The average molecular weight is 527 g/mol. The Morgan fingerprint density at radius 1 is 0.921 bits per heavy atom. The number of carbonyl (C=O) groups excluding carboxylic acids is 1. The Morgan fingerprint density at radius 3 is 2.24 bits per heavy atom. The van der Waals surface area contributed by atoms with Crippen molar-refractivity contribution in [2.45, 2.75) is 11.4 Å². The number of carbonyl (C=O) groups is 1. The lowest BCUT2D eigenvalue weighted by Crippen LogP contribution is -2.31. The number of pyridine rings is 2. The van der Waals surface area contributed by atoms with E-state index < -0.39 is 32.8 Å². The Bertz CT molecular complexity index is 1840. The summed E-state index contributed by atoms with van der Waals surface area (Å²) >= 11 is 0. The first-order chi connectivity index (χ1) is 18.2. The zero-order valence-electron chi connectivity index (χ0n) is 19.9. The summed E-state index contributed by atoms with van der Waals surface area (Å²) in [5.41, 5.74) is 1.01. The van der Waals surface area contributed by atoms with E-state index in [1.54, 1.807) is 12.3 Å². The highest BCUT2D eigenvalue weighted by Gasteiger charge is 2.25. The smallest absolute Gasteiger partial charge is 0.269 e. The number of aromatic hydroxyl groups is 1. The van der Waals surface area contributed by atoms with E-state index in [0.29, 0.717) is 5.56 Å². The van der Waals surface area contributed by atoms with Gasteiger partial charge in [0.05, 0.1) is 17.6 Å². The van der Waals surface area contributed by atoms with E-state index in [9.17, 15) is 23.1 Å². The largest absolute Gasteiger partial charge is 0.506 e. The van der Waals surface area contributed by atoms with Gasteiger partial charge in [0.25, 0.3) is 11.5 Å². The summed E-state index contributed by atoms with van der Waals surface area (Å²) in [5.74, 6) is -1.55. The molecule has 5 rings (SSSR count). The second-order valence-corrected chi connectivity index (χ2v) is 10.1. The molecule has 0 bridgehead atoms. The molecule has 190 valence electrons. The van der Waals surface area contributed by atoms with Gasteiger partial charge in [-0.15, -0.1) is 0 Å². The number of nitrogens with two attached hydrogens (primary N) is 1. The number of para-hydroxylation sites is 1. The van der Waals surface area contributed by atoms with Crippen LogP contribution in [-0.2, 0) is 16.6 Å². The number of hydrogen-bond acceptors (Lipinski definition) is 6. The predicted molar refractivity (Wildman–Crippen MR) is 144 cm³/mol. The molecule has 9 nitrogen and oxygen atoms in total. The zero-order valence-corrected chi connectivity index (χ0v) is 20.7. The summed E-state index contributed by atoms with van der Waals surface area (Å²) in [6, 6.07) is 25.7. The first-order valence-electron chi connectivity index (χ1n) is 11.5. The van der Waals surface area contributed by atoms with Gasteiger partial charge in [0.1, 0.15) is 21.9 Å². The minimum Gasteiger partial charge on any atom is -0.506 e. The van der Waals surface area contributed by atoms with Crippen LogP contribution in [0.4, 0.5) is 5.69 Å². The van der Waals surface area contributed by atoms with E-state index in [1.807, 2.05) is 60.7 Å². The van der Waals surface area contributed by atoms with Gasteiger partial charge < -0.3 is 10.4 Å². The van der Waals surface area contributed by atoms with Crippen molar-refractivity contribution in [2.75, 3.05) is 5.32 Å². The second-order valence-electron chi connectivity index (χ2n) is 8.56. The van der Waals surface area contributed by atoms with Gasteiger partial charge in [-0.3, -0.25) is 14.2 Å². The minimum atomic E-state index is -4.17. The fourth-order valence-corrected chi connectivity index (χ4v) is 4.92. The summed E-state index contributed by atoms with van der Waals surface area (Å²) in [5, 5.41) is 19.1. The van der Waals surface area contributed by atoms with Crippen LogP contribution in [-0.4, -0.2) is 29.0 Å². The lowest BCUT2D eigenvalue weighted by molar-refractivity contribution is 0.102. The van der Waals surface area contributed by atoms with Crippen molar-refractivity contribution in [3.63, 3.8) is 0 Å². The molecular formula is C28H22N4O5S. The van der Waals surface area contributed by atoms with Crippen molar-refractivity contribution in [1.82, 2.24) is 9.55 Å². The highest BCUT2D eigenvalue weighted by atomic mass is 32.2. The van der Waals surface area contributed by atoms with Crippen LogP contribution in [0.2, 0.25) is 0 Å². The molecule has 0 radical (unpaired) electrons. The number of rotatable bonds is 6. The number of sulfonamides is 1. The summed E-state index contributed by atoms with van der Waals surface area (Å²) in [6.07, 6.45) is 1.60. The highest BCUT2D eigenvalue weighted by Crippen LogP contribution is 2.31. The van der Waals surface area contributed by atoms with Crippen LogP contribution in [0.25, 0.3) is 22.2 Å². The number of anilines is 1. The van der Waals surface area contributed by atoms with Crippen molar-refractivity contribution >= 4 is 32.7 Å². The lowest BCUT2D eigenvalue weighted by Gasteiger charge is -2.16. The number of aromatic nitrogens is 2. The third-order valence-electron chi connectivity index (χ3n) is 6.03. The molecule has 4 N–H and O–H groups in total. The van der Waals surface area contributed by atoms with Gasteiger partial charge in [0.15, 0.2) is 0 Å². The van der Waals surface area contributed by atoms with Gasteiger partial charge in [0.2, 0.25) is 10.0 Å². The molecule has 5 aromatic rings. The molecule has 10 heteroatoms. The molecule has 0 spiro atoms. The van der Waals surface area contributed by atoms with Gasteiger partial charge in [-0.05, 0) is 29.3 Å². The van der Waals surface area contributed by atoms with Gasteiger partial charge >= 0.3 is 0 Å². The van der Waals surface area contributed by atoms with E-state index >= 15 is 0 Å². The average Bonchev–Trinajstić information content (AvgIpc) is 2.91. The van der Waals surface area contributed by atoms with Crippen LogP contribution in [0.3, 0.4) is 0 Å². The number of nitrogens with zero attached hydrogens (tertiary/aromatic N) is 2. The first kappa shape index (κ1) is 24.9. The Morgan fingerprint density at radius 2 is 1.55 bits per heavy atom. The molecule has 1 amide bonds. The van der Waals surface area contributed by atoms with Crippen LogP contribution in [0, 0.1) is 0 Å². The quantitative estimate of drug-likeness (QED) is 0.308. The second kappa shape index (κ2) is 9.92. The maximum absolute atomic E-state index is 13.6. The van der Waals surface area contributed by atoms with E-state index in [0.717, 1.165) is 11.1 Å². The molecular weight excluding hydrogens is 504 g/mol. The molecule has 2 aromatic heterocycles. The fraction of sp³-hybridized carbons (Fsp3) is 0.0357. The summed E-state index contributed by atoms with van der Waals surface area (Å²) in [4.78, 5) is 31.2. The SMILES string of the molecule is NS(=O)(=O)c1ccccc1NC(=O)c1c(O)c2cc(-c3ccccc3)cnc2n(Cc2ccccc2)c1=O. The molecule has 0 aliphatic rings. The molecule has 0 aliphatic heterocycles. The number of nitrogens with one attached hydrogen (secondary N) is 1. The lowest BCUT2D eigenvalue weighted by atomic mass is 10.0. The maximum atomic E-state index is 13.6. The van der Waals surface area contributed by atoms with Crippen LogP contribution in [0.5, 0.6) is 5.75 Å². The van der Waals surface area contributed by atoms with E-state index in [4.69, 9.17) is 5.14 Å². The molecule has 0 aliphatic carbocycles. The van der Waals surface area contributed by atoms with Gasteiger partial charge in [0, 0.05) is 11.8 Å². The number of hydrogen-bond donors (Lipinski definition) is 3. The maximum Gasteiger partial charge on any atom is 0.269 e. The van der Waals surface area contributed by atoms with E-state index in [2.05, 4.69) is 10.3 Å². The molecule has 2 heterocycles. The van der Waals surface area contributed by atoms with Crippen LogP contribution in [0.1, 0.15) is 15.9 Å².